The van der Waals surface area contributed by atoms with E-state index in [4.69, 9.17) is 4.74 Å². The lowest BCUT2D eigenvalue weighted by molar-refractivity contribution is -0.175. The van der Waals surface area contributed by atoms with Crippen LogP contribution in [0.25, 0.3) is 0 Å². The van der Waals surface area contributed by atoms with E-state index in [1.165, 1.54) is 19.8 Å². The fraction of sp³-hybridized carbons (Fsp3) is 0.913. The first-order chi connectivity index (χ1) is 12.6. The van der Waals surface area contributed by atoms with Crippen LogP contribution < -0.4 is 0 Å². The van der Waals surface area contributed by atoms with Gasteiger partial charge in [-0.3, -0.25) is 9.59 Å². The average Bonchev–Trinajstić information content (AvgIpc) is 2.87. The number of carbonyl (C=O) groups excluding carboxylic acids is 2. The highest BCUT2D eigenvalue weighted by molar-refractivity contribution is 5.86. The number of esters is 1. The smallest absolute Gasteiger partial charge is 0.302 e. The Hall–Kier alpha value is -0.900. The lowest BCUT2D eigenvalue weighted by Gasteiger charge is -2.61. The van der Waals surface area contributed by atoms with Crippen molar-refractivity contribution in [3.8, 4) is 0 Å². The van der Waals surface area contributed by atoms with E-state index in [-0.39, 0.29) is 23.3 Å². The Morgan fingerprint density at radius 3 is 2.30 bits per heavy atom. The van der Waals surface area contributed by atoms with Crippen LogP contribution >= 0.6 is 0 Å². The number of hydrogen-bond acceptors (Lipinski definition) is 4. The van der Waals surface area contributed by atoms with Gasteiger partial charge in [-0.1, -0.05) is 13.8 Å². The highest BCUT2D eigenvalue weighted by atomic mass is 16.5. The van der Waals surface area contributed by atoms with Crippen molar-refractivity contribution in [1.82, 2.24) is 0 Å². The van der Waals surface area contributed by atoms with Gasteiger partial charge in [-0.05, 0) is 93.8 Å². The summed E-state index contributed by atoms with van der Waals surface area (Å²) < 4.78 is 5.55. The molecule has 0 heterocycles. The third kappa shape index (κ3) is 2.65. The Bertz CT molecular complexity index is 644. The van der Waals surface area contributed by atoms with E-state index in [0.29, 0.717) is 35.5 Å². The van der Waals surface area contributed by atoms with E-state index in [9.17, 15) is 14.7 Å². The molecule has 4 heteroatoms. The second kappa shape index (κ2) is 6.30. The van der Waals surface area contributed by atoms with Crippen molar-refractivity contribution in [1.29, 1.82) is 0 Å². The van der Waals surface area contributed by atoms with E-state index in [1.807, 2.05) is 0 Å². The minimum atomic E-state index is -1.12. The van der Waals surface area contributed by atoms with Crippen molar-refractivity contribution in [2.24, 2.45) is 34.5 Å². The Balaban J connectivity index is 1.56. The van der Waals surface area contributed by atoms with Crippen molar-refractivity contribution < 1.29 is 19.4 Å². The molecule has 0 aliphatic heterocycles. The molecule has 0 aromatic rings. The zero-order valence-corrected chi connectivity index (χ0v) is 17.4. The van der Waals surface area contributed by atoms with Gasteiger partial charge in [0.15, 0.2) is 5.78 Å². The summed E-state index contributed by atoms with van der Waals surface area (Å²) in [6, 6.07) is 0. The first kappa shape index (κ1) is 19.4. The van der Waals surface area contributed by atoms with Crippen LogP contribution in [-0.2, 0) is 14.3 Å². The second-order valence-corrected chi connectivity index (χ2v) is 10.6. The monoisotopic (exact) mass is 376 g/mol. The Morgan fingerprint density at radius 2 is 1.63 bits per heavy atom. The lowest BCUT2D eigenvalue weighted by Crippen LogP contribution is -2.58. The summed E-state index contributed by atoms with van der Waals surface area (Å²) in [4.78, 5) is 23.7. The van der Waals surface area contributed by atoms with Gasteiger partial charge >= 0.3 is 5.97 Å². The van der Waals surface area contributed by atoms with Crippen molar-refractivity contribution in [3.63, 3.8) is 0 Å². The molecular weight excluding hydrogens is 340 g/mol. The minimum absolute atomic E-state index is 0.0345. The van der Waals surface area contributed by atoms with E-state index in [1.54, 1.807) is 6.92 Å². The van der Waals surface area contributed by atoms with Crippen LogP contribution in [0.4, 0.5) is 0 Å². The van der Waals surface area contributed by atoms with Crippen LogP contribution in [0.1, 0.15) is 85.5 Å². The summed E-state index contributed by atoms with van der Waals surface area (Å²) in [5.74, 6) is 2.22. The molecule has 8 atom stereocenters. The molecule has 4 fully saturated rings. The van der Waals surface area contributed by atoms with Gasteiger partial charge in [0.05, 0.1) is 0 Å². The van der Waals surface area contributed by atoms with E-state index in [2.05, 4.69) is 13.8 Å². The van der Waals surface area contributed by atoms with E-state index in [0.717, 1.165) is 38.5 Å². The van der Waals surface area contributed by atoms with Gasteiger partial charge in [-0.25, -0.2) is 0 Å². The highest BCUT2D eigenvalue weighted by Gasteiger charge is 2.66. The number of ether oxygens (including phenoxy) is 1. The molecule has 4 nitrogen and oxygen atoms in total. The fourth-order valence-corrected chi connectivity index (χ4v) is 8.15. The lowest BCUT2D eigenvalue weighted by atomic mass is 9.44. The van der Waals surface area contributed by atoms with Gasteiger partial charge in [0.2, 0.25) is 0 Å². The normalized spacial score (nSPS) is 51.7. The third-order valence-corrected chi connectivity index (χ3v) is 9.68. The summed E-state index contributed by atoms with van der Waals surface area (Å²) in [5, 5.41) is 11.2. The number of aliphatic hydroxyl groups is 1. The number of ketones is 1. The summed E-state index contributed by atoms with van der Waals surface area (Å²) in [5.41, 5.74) is -1.05. The molecule has 0 radical (unpaired) electrons. The molecule has 0 aromatic carbocycles. The number of hydrogen-bond donors (Lipinski definition) is 1. The first-order valence-corrected chi connectivity index (χ1v) is 11.0. The van der Waals surface area contributed by atoms with E-state index >= 15 is 0 Å². The SMILES string of the molecule is CC(=O)O[C@@H]1CC[C@@]2(C)[C@@H](CC[C@@H]3[C@@H]2CC[C@@]2(C)[C@H]3CC[C@]2(O)C(C)=O)C1. The molecule has 0 amide bonds. The molecule has 4 saturated carbocycles. The van der Waals surface area contributed by atoms with Gasteiger partial charge in [-0.15, -0.1) is 0 Å². The standard InChI is InChI=1S/C23H36O4/c1-14(24)23(26)12-9-20-18-6-5-16-13-17(27-15(2)25)7-10-21(16,3)19(18)8-11-22(20,23)4/h16-20,26H,5-13H2,1-4H3/t16-,17+,18+,19-,20-,21-,22-,23-/m0/s1. The summed E-state index contributed by atoms with van der Waals surface area (Å²) in [6.45, 7) is 7.76. The molecular formula is C23H36O4. The third-order valence-electron chi connectivity index (χ3n) is 9.68. The summed E-state index contributed by atoms with van der Waals surface area (Å²) >= 11 is 0. The number of Topliss-reactive ketones (excluding diaryl/α,β-unsaturated/α-hetero) is 1. The summed E-state index contributed by atoms with van der Waals surface area (Å²) in [6.07, 6.45) is 9.34. The number of fused-ring (bicyclic) bond motifs is 5. The molecule has 27 heavy (non-hydrogen) atoms. The molecule has 0 bridgehead atoms. The van der Waals surface area contributed by atoms with Gasteiger partial charge in [0.1, 0.15) is 11.7 Å². The van der Waals surface area contributed by atoms with Gasteiger partial charge in [-0.2, -0.15) is 0 Å². The maximum absolute atomic E-state index is 12.3. The van der Waals surface area contributed by atoms with Crippen LogP contribution in [-0.4, -0.2) is 28.6 Å². The van der Waals surface area contributed by atoms with Gasteiger partial charge in [0, 0.05) is 12.3 Å². The molecule has 1 N–H and O–H groups in total. The minimum Gasteiger partial charge on any atom is -0.463 e. The Morgan fingerprint density at radius 1 is 0.926 bits per heavy atom. The second-order valence-electron chi connectivity index (χ2n) is 10.6. The maximum atomic E-state index is 12.3. The molecule has 152 valence electrons. The van der Waals surface area contributed by atoms with Gasteiger partial charge < -0.3 is 9.84 Å². The molecule has 4 rings (SSSR count). The molecule has 0 spiro atoms. The van der Waals surface area contributed by atoms with Crippen LogP contribution in [0.15, 0.2) is 0 Å². The summed E-state index contributed by atoms with van der Waals surface area (Å²) in [7, 11) is 0. The fourth-order valence-electron chi connectivity index (χ4n) is 8.15. The van der Waals surface area contributed by atoms with Crippen molar-refractivity contribution in [2.75, 3.05) is 0 Å². The Labute approximate surface area is 163 Å². The topological polar surface area (TPSA) is 63.6 Å². The molecule has 0 saturated heterocycles. The van der Waals surface area contributed by atoms with Crippen molar-refractivity contribution in [3.05, 3.63) is 0 Å². The van der Waals surface area contributed by atoms with Crippen molar-refractivity contribution >= 4 is 11.8 Å². The van der Waals surface area contributed by atoms with Crippen molar-refractivity contribution in [2.45, 2.75) is 97.2 Å². The van der Waals surface area contributed by atoms with Crippen LogP contribution in [0.5, 0.6) is 0 Å². The molecule has 0 aromatic heterocycles. The largest absolute Gasteiger partial charge is 0.463 e. The zero-order valence-electron chi connectivity index (χ0n) is 17.4. The van der Waals surface area contributed by atoms with Crippen LogP contribution in [0.3, 0.4) is 0 Å². The van der Waals surface area contributed by atoms with Crippen LogP contribution in [0, 0.1) is 34.5 Å². The number of rotatable bonds is 2. The highest BCUT2D eigenvalue weighted by Crippen LogP contribution is 2.68. The maximum Gasteiger partial charge on any atom is 0.302 e. The molecule has 4 aliphatic carbocycles. The predicted molar refractivity (Wildman–Crippen MR) is 103 cm³/mol. The van der Waals surface area contributed by atoms with Crippen LogP contribution in [0.2, 0.25) is 0 Å². The number of carbonyl (C=O) groups is 2. The van der Waals surface area contributed by atoms with E-state index < -0.39 is 5.60 Å². The Kier molecular flexibility index (Phi) is 4.53. The first-order valence-electron chi connectivity index (χ1n) is 11.0. The van der Waals surface area contributed by atoms with Gasteiger partial charge in [0.25, 0.3) is 0 Å². The quantitative estimate of drug-likeness (QED) is 0.731. The molecule has 0 unspecified atom stereocenters. The zero-order chi connectivity index (χ0) is 19.6. The molecule has 4 aliphatic rings. The average molecular weight is 377 g/mol. The predicted octanol–water partition coefficient (Wildman–Crippen LogP) is 4.28.